The van der Waals surface area contributed by atoms with E-state index in [1.165, 1.54) is 44.9 Å². The molecule has 0 spiro atoms. The standard InChI is InChI=1S/C29H30Cl3NO2/c30-24-9-6-10-25(31)27(24)28-23(29(35-33-28)21-13-14-21)18-34-22-16-15-20(26(32)17-22)12-11-19-7-4-2-1-3-5-8-19/h6,9-12,15-17,19,21H,1-5,7-8,13-14,18H2/b12-11+. The molecule has 35 heavy (non-hydrogen) atoms. The number of ether oxygens (including phenoxy) is 1. The molecule has 0 radical (unpaired) electrons. The van der Waals surface area contributed by atoms with Crippen LogP contribution in [0.2, 0.25) is 15.1 Å². The van der Waals surface area contributed by atoms with E-state index in [1.54, 1.807) is 0 Å². The third kappa shape index (κ3) is 6.07. The Morgan fingerprint density at radius 3 is 2.29 bits per heavy atom. The van der Waals surface area contributed by atoms with Gasteiger partial charge in [-0.25, -0.2) is 0 Å². The minimum absolute atomic E-state index is 0.305. The SMILES string of the molecule is Clc1cc(OCc2c(-c3c(Cl)cccc3Cl)noc2C2CC2)ccc1/C=C/C1CCCCCCC1. The molecule has 3 nitrogen and oxygen atoms in total. The summed E-state index contributed by atoms with van der Waals surface area (Å²) < 4.78 is 11.9. The first-order chi connectivity index (χ1) is 17.1. The van der Waals surface area contributed by atoms with Crippen LogP contribution in [0, 0.1) is 5.92 Å². The molecule has 2 aliphatic rings. The van der Waals surface area contributed by atoms with Crippen molar-refractivity contribution in [2.24, 2.45) is 5.92 Å². The molecule has 184 valence electrons. The second kappa shape index (κ2) is 11.4. The Balaban J connectivity index is 1.31. The average Bonchev–Trinajstić information content (AvgIpc) is 3.58. The summed E-state index contributed by atoms with van der Waals surface area (Å²) in [6.07, 6.45) is 16.0. The number of allylic oxidation sites excluding steroid dienone is 1. The number of hydrogen-bond donors (Lipinski definition) is 0. The van der Waals surface area contributed by atoms with Gasteiger partial charge in [0.15, 0.2) is 0 Å². The van der Waals surface area contributed by atoms with Crippen molar-refractivity contribution < 1.29 is 9.26 Å². The van der Waals surface area contributed by atoms with Gasteiger partial charge in [0.05, 0.1) is 20.6 Å². The Kier molecular flexibility index (Phi) is 8.07. The molecule has 6 heteroatoms. The van der Waals surface area contributed by atoms with Crippen LogP contribution in [-0.2, 0) is 6.61 Å². The third-order valence-corrected chi connectivity index (χ3v) is 7.98. The Labute approximate surface area is 222 Å². The molecule has 5 rings (SSSR count). The quantitative estimate of drug-likeness (QED) is 0.305. The molecule has 0 N–H and O–H groups in total. The van der Waals surface area contributed by atoms with Crippen molar-refractivity contribution >= 4 is 40.9 Å². The second-order valence-electron chi connectivity index (χ2n) is 9.68. The van der Waals surface area contributed by atoms with E-state index in [2.05, 4.69) is 17.3 Å². The monoisotopic (exact) mass is 529 g/mol. The summed E-state index contributed by atoms with van der Waals surface area (Å²) in [6, 6.07) is 11.3. The molecule has 2 aromatic carbocycles. The summed E-state index contributed by atoms with van der Waals surface area (Å²) in [5.74, 6) is 2.59. The topological polar surface area (TPSA) is 35.3 Å². The van der Waals surface area contributed by atoms with Crippen LogP contribution in [0.4, 0.5) is 0 Å². The van der Waals surface area contributed by atoms with Crippen molar-refractivity contribution in [1.29, 1.82) is 0 Å². The number of aromatic nitrogens is 1. The fraction of sp³-hybridized carbons (Fsp3) is 0.414. The average molecular weight is 531 g/mol. The molecule has 1 heterocycles. The van der Waals surface area contributed by atoms with E-state index in [1.807, 2.05) is 36.4 Å². The number of nitrogens with zero attached hydrogens (tertiary/aromatic N) is 1. The van der Waals surface area contributed by atoms with Crippen molar-refractivity contribution in [2.45, 2.75) is 70.3 Å². The zero-order valence-corrected chi connectivity index (χ0v) is 22.0. The van der Waals surface area contributed by atoms with Crippen molar-refractivity contribution in [2.75, 3.05) is 0 Å². The summed E-state index contributed by atoms with van der Waals surface area (Å²) in [5, 5.41) is 6.10. The first kappa shape index (κ1) is 24.7. The van der Waals surface area contributed by atoms with E-state index in [0.717, 1.165) is 29.7 Å². The van der Waals surface area contributed by atoms with Gasteiger partial charge in [-0.15, -0.1) is 0 Å². The summed E-state index contributed by atoms with van der Waals surface area (Å²) in [5.41, 5.74) is 3.24. The summed E-state index contributed by atoms with van der Waals surface area (Å²) in [7, 11) is 0. The molecule has 0 saturated heterocycles. The predicted molar refractivity (Wildman–Crippen MR) is 145 cm³/mol. The van der Waals surface area contributed by atoms with Gasteiger partial charge >= 0.3 is 0 Å². The summed E-state index contributed by atoms with van der Waals surface area (Å²) >= 11 is 19.6. The fourth-order valence-electron chi connectivity index (χ4n) is 4.86. The molecule has 2 saturated carbocycles. The maximum Gasteiger partial charge on any atom is 0.147 e. The fourth-order valence-corrected chi connectivity index (χ4v) is 5.67. The number of benzene rings is 2. The lowest BCUT2D eigenvalue weighted by molar-refractivity contribution is 0.300. The van der Waals surface area contributed by atoms with Crippen molar-refractivity contribution in [3.8, 4) is 17.0 Å². The third-order valence-electron chi connectivity index (χ3n) is 7.02. The molecule has 0 unspecified atom stereocenters. The molecule has 0 amide bonds. The maximum atomic E-state index is 6.63. The summed E-state index contributed by atoms with van der Waals surface area (Å²) in [6.45, 7) is 0.305. The van der Waals surface area contributed by atoms with Gasteiger partial charge < -0.3 is 9.26 Å². The van der Waals surface area contributed by atoms with Crippen LogP contribution in [0.1, 0.15) is 80.6 Å². The number of halogens is 3. The van der Waals surface area contributed by atoms with E-state index >= 15 is 0 Å². The van der Waals surface area contributed by atoms with Crippen LogP contribution in [0.5, 0.6) is 5.75 Å². The van der Waals surface area contributed by atoms with Crippen LogP contribution in [0.25, 0.3) is 17.3 Å². The highest BCUT2D eigenvalue weighted by molar-refractivity contribution is 6.39. The van der Waals surface area contributed by atoms with Gasteiger partial charge in [0.1, 0.15) is 23.8 Å². The zero-order valence-electron chi connectivity index (χ0n) is 19.7. The molecular formula is C29H30Cl3NO2. The van der Waals surface area contributed by atoms with E-state index in [9.17, 15) is 0 Å². The Morgan fingerprint density at radius 1 is 0.886 bits per heavy atom. The molecule has 0 atom stereocenters. The number of rotatable bonds is 7. The van der Waals surface area contributed by atoms with Crippen molar-refractivity contribution in [1.82, 2.24) is 5.16 Å². The smallest absolute Gasteiger partial charge is 0.147 e. The number of hydrogen-bond acceptors (Lipinski definition) is 3. The molecule has 0 bridgehead atoms. The maximum absolute atomic E-state index is 6.63. The highest BCUT2D eigenvalue weighted by Crippen LogP contribution is 2.46. The normalized spacial score (nSPS) is 17.5. The van der Waals surface area contributed by atoms with Crippen LogP contribution in [0.3, 0.4) is 0 Å². The van der Waals surface area contributed by atoms with Crippen molar-refractivity contribution in [3.63, 3.8) is 0 Å². The highest BCUT2D eigenvalue weighted by atomic mass is 35.5. The van der Waals surface area contributed by atoms with Gasteiger partial charge in [-0.05, 0) is 67.5 Å². The Morgan fingerprint density at radius 2 is 1.60 bits per heavy atom. The Hall–Kier alpha value is -1.94. The van der Waals surface area contributed by atoms with Gasteiger partial charge in [0.2, 0.25) is 0 Å². The summed E-state index contributed by atoms with van der Waals surface area (Å²) in [4.78, 5) is 0. The lowest BCUT2D eigenvalue weighted by Crippen LogP contribution is -2.00. The van der Waals surface area contributed by atoms with E-state index in [-0.39, 0.29) is 0 Å². The zero-order chi connectivity index (χ0) is 24.2. The van der Waals surface area contributed by atoms with Gasteiger partial charge in [0.25, 0.3) is 0 Å². The predicted octanol–water partition coefficient (Wildman–Crippen LogP) is 10.1. The molecule has 0 aliphatic heterocycles. The minimum atomic E-state index is 0.305. The lowest BCUT2D eigenvalue weighted by Gasteiger charge is -2.16. The second-order valence-corrected chi connectivity index (χ2v) is 10.9. The minimum Gasteiger partial charge on any atom is -0.489 e. The lowest BCUT2D eigenvalue weighted by atomic mass is 9.90. The molecule has 2 aliphatic carbocycles. The van der Waals surface area contributed by atoms with Crippen LogP contribution in [-0.4, -0.2) is 5.16 Å². The molecular weight excluding hydrogens is 501 g/mol. The molecule has 1 aromatic heterocycles. The van der Waals surface area contributed by atoms with Crippen LogP contribution >= 0.6 is 34.8 Å². The van der Waals surface area contributed by atoms with Crippen LogP contribution < -0.4 is 4.74 Å². The highest BCUT2D eigenvalue weighted by Gasteiger charge is 2.33. The van der Waals surface area contributed by atoms with Crippen LogP contribution in [0.15, 0.2) is 47.0 Å². The Bertz CT molecular complexity index is 1170. The molecule has 3 aromatic rings. The van der Waals surface area contributed by atoms with E-state index in [4.69, 9.17) is 44.1 Å². The van der Waals surface area contributed by atoms with E-state index in [0.29, 0.717) is 50.5 Å². The van der Waals surface area contributed by atoms with Gasteiger partial charge in [-0.2, -0.15) is 0 Å². The first-order valence-corrected chi connectivity index (χ1v) is 13.8. The van der Waals surface area contributed by atoms with Gasteiger partial charge in [0, 0.05) is 11.5 Å². The van der Waals surface area contributed by atoms with Crippen molar-refractivity contribution in [3.05, 3.63) is 74.4 Å². The molecule has 2 fully saturated rings. The van der Waals surface area contributed by atoms with E-state index < -0.39 is 0 Å². The first-order valence-electron chi connectivity index (χ1n) is 12.6. The van der Waals surface area contributed by atoms with Gasteiger partial charge in [-0.1, -0.05) is 90.3 Å². The van der Waals surface area contributed by atoms with Gasteiger partial charge in [-0.3, -0.25) is 0 Å². The largest absolute Gasteiger partial charge is 0.489 e.